The first-order chi connectivity index (χ1) is 7.38. The predicted molar refractivity (Wildman–Crippen MR) is 58.3 cm³/mol. The van der Waals surface area contributed by atoms with Crippen LogP contribution in [0.4, 0.5) is 0 Å². The van der Waals surface area contributed by atoms with Crippen LogP contribution in [0.15, 0.2) is 35.5 Å². The van der Waals surface area contributed by atoms with Crippen molar-refractivity contribution in [2.24, 2.45) is 17.0 Å². The molecule has 0 amide bonds. The Balaban J connectivity index is 1.58. The molecule has 0 N–H and O–H groups in total. The third-order valence-corrected chi connectivity index (χ3v) is 3.60. The molecule has 3 rings (SSSR count). The first-order valence-electron chi connectivity index (χ1n) is 5.47. The Bertz CT molecular complexity index is 353. The van der Waals surface area contributed by atoms with E-state index in [0.717, 1.165) is 19.6 Å². The van der Waals surface area contributed by atoms with Gasteiger partial charge in [-0.05, 0) is 5.56 Å². The van der Waals surface area contributed by atoms with Crippen LogP contribution in [0.25, 0.3) is 0 Å². The summed E-state index contributed by atoms with van der Waals surface area (Å²) < 4.78 is 0. The minimum Gasteiger partial charge on any atom is -0.298 e. The van der Waals surface area contributed by atoms with Crippen LogP contribution in [0.5, 0.6) is 0 Å². The van der Waals surface area contributed by atoms with E-state index in [0.29, 0.717) is 11.8 Å². The van der Waals surface area contributed by atoms with Crippen molar-refractivity contribution >= 4 is 0 Å². The third-order valence-electron chi connectivity index (χ3n) is 3.60. The van der Waals surface area contributed by atoms with E-state index in [1.165, 1.54) is 5.56 Å². The zero-order valence-corrected chi connectivity index (χ0v) is 8.54. The minimum atomic E-state index is 0.136. The van der Waals surface area contributed by atoms with Gasteiger partial charge in [0.25, 0.3) is 0 Å². The number of hydrogen-bond acceptors (Lipinski definition) is 3. The zero-order valence-electron chi connectivity index (χ0n) is 8.54. The van der Waals surface area contributed by atoms with Crippen molar-refractivity contribution in [3.63, 3.8) is 0 Å². The molecule has 1 saturated heterocycles. The van der Waals surface area contributed by atoms with Crippen molar-refractivity contribution in [3.05, 3.63) is 40.8 Å². The number of rotatable bonds is 3. The van der Waals surface area contributed by atoms with Gasteiger partial charge in [-0.1, -0.05) is 35.5 Å². The molecule has 3 nitrogen and oxygen atoms in total. The summed E-state index contributed by atoms with van der Waals surface area (Å²) in [6, 6.07) is 10.6. The fraction of sp³-hybridized carbons (Fsp3) is 0.500. The van der Waals surface area contributed by atoms with Crippen molar-refractivity contribution < 1.29 is 0 Å². The summed E-state index contributed by atoms with van der Waals surface area (Å²) in [5, 5.41) is 3.15. The molecule has 3 heteroatoms. The Kier molecular flexibility index (Phi) is 2.06. The van der Waals surface area contributed by atoms with Crippen molar-refractivity contribution in [2.75, 3.05) is 13.1 Å². The van der Waals surface area contributed by atoms with Crippen LogP contribution in [0, 0.1) is 16.7 Å². The smallest absolute Gasteiger partial charge is 0.101 e. The van der Waals surface area contributed by atoms with Gasteiger partial charge in [-0.3, -0.25) is 4.90 Å². The quantitative estimate of drug-likeness (QED) is 0.701. The molecule has 2 fully saturated rings. The van der Waals surface area contributed by atoms with Crippen LogP contribution in [0.1, 0.15) is 5.56 Å². The molecule has 0 radical (unpaired) electrons. The number of fused-ring (bicyclic) bond motifs is 1. The van der Waals surface area contributed by atoms with Crippen molar-refractivity contribution in [2.45, 2.75) is 12.6 Å². The predicted octanol–water partition coefficient (Wildman–Crippen LogP) is 1.88. The molecule has 15 heavy (non-hydrogen) atoms. The van der Waals surface area contributed by atoms with Crippen LogP contribution in [0.2, 0.25) is 0 Å². The largest absolute Gasteiger partial charge is 0.298 e. The lowest BCUT2D eigenvalue weighted by Crippen LogP contribution is -2.24. The third kappa shape index (κ3) is 1.57. The van der Waals surface area contributed by atoms with Crippen molar-refractivity contribution in [1.29, 1.82) is 0 Å². The number of nitrogens with zero attached hydrogens (tertiary/aromatic N) is 2. The molecule has 0 bridgehead atoms. The number of nitroso groups, excluding NO2 is 1. The highest BCUT2D eigenvalue weighted by Gasteiger charge is 2.57. The first kappa shape index (κ1) is 9.04. The topological polar surface area (TPSA) is 32.7 Å². The summed E-state index contributed by atoms with van der Waals surface area (Å²) >= 11 is 0. The fourth-order valence-corrected chi connectivity index (χ4v) is 2.71. The molecule has 0 spiro atoms. The van der Waals surface area contributed by atoms with Crippen LogP contribution in [0.3, 0.4) is 0 Å². The maximum Gasteiger partial charge on any atom is 0.101 e. The van der Waals surface area contributed by atoms with Gasteiger partial charge in [-0.25, -0.2) is 0 Å². The Hall–Kier alpha value is -1.22. The molecule has 2 atom stereocenters. The highest BCUT2D eigenvalue weighted by Crippen LogP contribution is 2.47. The maximum absolute atomic E-state index is 10.4. The van der Waals surface area contributed by atoms with Crippen molar-refractivity contribution in [3.8, 4) is 0 Å². The van der Waals surface area contributed by atoms with E-state index < -0.39 is 0 Å². The molecule has 1 aromatic carbocycles. The van der Waals surface area contributed by atoms with E-state index in [-0.39, 0.29) is 6.04 Å². The minimum absolute atomic E-state index is 0.136. The number of likely N-dealkylation sites (tertiary alicyclic amines) is 1. The van der Waals surface area contributed by atoms with Gasteiger partial charge in [0.2, 0.25) is 0 Å². The standard InChI is InChI=1S/C12H14N2O/c15-13-12-10-7-14(8-11(10)12)6-9-4-2-1-3-5-9/h1-5,10-12H,6-8H2. The van der Waals surface area contributed by atoms with Crippen molar-refractivity contribution in [1.82, 2.24) is 4.90 Å². The van der Waals surface area contributed by atoms with Gasteiger partial charge in [0, 0.05) is 31.5 Å². The van der Waals surface area contributed by atoms with E-state index in [1.807, 2.05) is 6.07 Å². The van der Waals surface area contributed by atoms with Gasteiger partial charge in [0.15, 0.2) is 0 Å². The summed E-state index contributed by atoms with van der Waals surface area (Å²) in [6.45, 7) is 3.12. The zero-order chi connectivity index (χ0) is 10.3. The van der Waals surface area contributed by atoms with Crippen LogP contribution >= 0.6 is 0 Å². The highest BCUT2D eigenvalue weighted by molar-refractivity contribution is 5.16. The van der Waals surface area contributed by atoms with Crippen LogP contribution < -0.4 is 0 Å². The number of benzene rings is 1. The lowest BCUT2D eigenvalue weighted by atomic mass is 10.2. The maximum atomic E-state index is 10.4. The van der Waals surface area contributed by atoms with Gasteiger partial charge in [0.05, 0.1) is 0 Å². The monoisotopic (exact) mass is 202 g/mol. The average Bonchev–Trinajstić information content (AvgIpc) is 2.75. The van der Waals surface area contributed by atoms with Crippen LogP contribution in [-0.4, -0.2) is 24.0 Å². The Labute approximate surface area is 89.1 Å². The second-order valence-electron chi connectivity index (χ2n) is 4.60. The Morgan fingerprint density at radius 1 is 1.20 bits per heavy atom. The number of piperidine rings is 1. The molecular weight excluding hydrogens is 188 g/mol. The van der Waals surface area contributed by atoms with E-state index in [9.17, 15) is 4.91 Å². The molecule has 1 aliphatic heterocycles. The molecular formula is C12H14N2O. The Morgan fingerprint density at radius 3 is 2.47 bits per heavy atom. The summed E-state index contributed by atoms with van der Waals surface area (Å²) in [5.41, 5.74) is 1.36. The highest BCUT2D eigenvalue weighted by atomic mass is 16.3. The molecule has 2 aliphatic rings. The molecule has 1 heterocycles. The fourth-order valence-electron chi connectivity index (χ4n) is 2.71. The van der Waals surface area contributed by atoms with Gasteiger partial charge in [0.1, 0.15) is 6.04 Å². The second-order valence-corrected chi connectivity index (χ2v) is 4.60. The lowest BCUT2D eigenvalue weighted by molar-refractivity contribution is 0.290. The molecule has 1 aromatic rings. The van der Waals surface area contributed by atoms with E-state index in [2.05, 4.69) is 34.3 Å². The summed E-state index contributed by atoms with van der Waals surface area (Å²) in [4.78, 5) is 12.8. The first-order valence-corrected chi connectivity index (χ1v) is 5.47. The van der Waals surface area contributed by atoms with E-state index >= 15 is 0 Å². The number of hydrogen-bond donors (Lipinski definition) is 0. The van der Waals surface area contributed by atoms with Gasteiger partial charge < -0.3 is 0 Å². The van der Waals surface area contributed by atoms with E-state index in [4.69, 9.17) is 0 Å². The van der Waals surface area contributed by atoms with Crippen LogP contribution in [-0.2, 0) is 6.54 Å². The summed E-state index contributed by atoms with van der Waals surface area (Å²) in [6.07, 6.45) is 0. The van der Waals surface area contributed by atoms with E-state index in [1.54, 1.807) is 0 Å². The SMILES string of the molecule is O=NC1C2CN(Cc3ccccc3)CC21. The van der Waals surface area contributed by atoms with Gasteiger partial charge >= 0.3 is 0 Å². The van der Waals surface area contributed by atoms with Gasteiger partial charge in [-0.2, -0.15) is 4.91 Å². The Morgan fingerprint density at radius 2 is 1.87 bits per heavy atom. The summed E-state index contributed by atoms with van der Waals surface area (Å²) in [7, 11) is 0. The molecule has 78 valence electrons. The molecule has 1 aliphatic carbocycles. The normalized spacial score (nSPS) is 33.7. The average molecular weight is 202 g/mol. The molecule has 0 aromatic heterocycles. The van der Waals surface area contributed by atoms with Gasteiger partial charge in [-0.15, -0.1) is 0 Å². The second kappa shape index (κ2) is 3.42. The summed E-state index contributed by atoms with van der Waals surface area (Å²) in [5.74, 6) is 1.12. The molecule has 1 saturated carbocycles. The lowest BCUT2D eigenvalue weighted by Gasteiger charge is -2.17. The molecule has 2 unspecified atom stereocenters.